The molecule has 2 atom stereocenters. The van der Waals surface area contributed by atoms with Gasteiger partial charge in [-0.25, -0.2) is 0 Å². The van der Waals surface area contributed by atoms with Crippen molar-refractivity contribution in [3.8, 4) is 0 Å². The minimum absolute atomic E-state index is 0.0457. The molecule has 0 radical (unpaired) electrons. The summed E-state index contributed by atoms with van der Waals surface area (Å²) in [6.45, 7) is 2.88. The molecular formula is C15H21F3N2. The second-order valence-corrected chi connectivity index (χ2v) is 5.35. The smallest absolute Gasteiger partial charge is 0.309 e. The monoisotopic (exact) mass is 286 g/mol. The molecule has 0 fully saturated rings. The second kappa shape index (κ2) is 6.14. The van der Waals surface area contributed by atoms with Crippen LogP contribution in [0.1, 0.15) is 30.5 Å². The highest BCUT2D eigenvalue weighted by Gasteiger charge is 2.35. The van der Waals surface area contributed by atoms with Crippen molar-refractivity contribution in [3.05, 3.63) is 35.4 Å². The Labute approximate surface area is 118 Å². The highest BCUT2D eigenvalue weighted by Crippen LogP contribution is 2.34. The van der Waals surface area contributed by atoms with E-state index in [1.165, 1.54) is 11.1 Å². The van der Waals surface area contributed by atoms with Crippen molar-refractivity contribution in [2.45, 2.75) is 38.0 Å². The van der Waals surface area contributed by atoms with Crippen LogP contribution < -0.4 is 5.32 Å². The van der Waals surface area contributed by atoms with Gasteiger partial charge in [0.2, 0.25) is 0 Å². The summed E-state index contributed by atoms with van der Waals surface area (Å²) in [5.41, 5.74) is 2.46. The van der Waals surface area contributed by atoms with E-state index in [0.717, 1.165) is 13.0 Å². The summed E-state index contributed by atoms with van der Waals surface area (Å²) < 4.78 is 37.1. The largest absolute Gasteiger partial charge is 0.390 e. The third-order valence-corrected chi connectivity index (χ3v) is 3.94. The van der Waals surface area contributed by atoms with Gasteiger partial charge < -0.3 is 10.2 Å². The van der Waals surface area contributed by atoms with E-state index in [0.29, 0.717) is 0 Å². The Morgan fingerprint density at radius 2 is 2.00 bits per heavy atom. The summed E-state index contributed by atoms with van der Waals surface area (Å²) in [4.78, 5) is 1.83. The number of fused-ring (bicyclic) bond motifs is 1. The van der Waals surface area contributed by atoms with Crippen LogP contribution in [0.5, 0.6) is 0 Å². The molecule has 2 nitrogen and oxygen atoms in total. The average Bonchev–Trinajstić information content (AvgIpc) is 2.75. The van der Waals surface area contributed by atoms with Crippen molar-refractivity contribution in [1.29, 1.82) is 0 Å². The highest BCUT2D eigenvalue weighted by atomic mass is 19.4. The predicted octanol–water partition coefficient (Wildman–Crippen LogP) is 3.15. The lowest BCUT2D eigenvalue weighted by molar-refractivity contribution is -0.138. The average molecular weight is 286 g/mol. The van der Waals surface area contributed by atoms with Gasteiger partial charge in [-0.2, -0.15) is 13.2 Å². The fourth-order valence-corrected chi connectivity index (χ4v) is 2.92. The highest BCUT2D eigenvalue weighted by molar-refractivity contribution is 5.37. The van der Waals surface area contributed by atoms with Crippen molar-refractivity contribution in [1.82, 2.24) is 10.2 Å². The number of hydrogen-bond donors (Lipinski definition) is 1. The van der Waals surface area contributed by atoms with Gasteiger partial charge in [0.25, 0.3) is 0 Å². The van der Waals surface area contributed by atoms with Gasteiger partial charge in [-0.05, 0) is 31.1 Å². The minimum atomic E-state index is -4.09. The lowest BCUT2D eigenvalue weighted by Gasteiger charge is -2.30. The zero-order valence-electron chi connectivity index (χ0n) is 11.9. The Bertz CT molecular complexity index is 445. The molecule has 112 valence electrons. The molecule has 0 bridgehead atoms. The van der Waals surface area contributed by atoms with Crippen LogP contribution >= 0.6 is 0 Å². The van der Waals surface area contributed by atoms with Crippen molar-refractivity contribution in [2.24, 2.45) is 0 Å². The van der Waals surface area contributed by atoms with Crippen LogP contribution in [0, 0.1) is 0 Å². The van der Waals surface area contributed by atoms with Crippen LogP contribution in [0.2, 0.25) is 0 Å². The number of benzene rings is 1. The fraction of sp³-hybridized carbons (Fsp3) is 0.600. The topological polar surface area (TPSA) is 15.3 Å². The number of nitrogens with zero attached hydrogens (tertiary/aromatic N) is 1. The number of rotatable bonds is 5. The van der Waals surface area contributed by atoms with Gasteiger partial charge in [0, 0.05) is 18.6 Å². The Kier molecular flexibility index (Phi) is 4.70. The van der Waals surface area contributed by atoms with E-state index in [1.807, 2.05) is 24.0 Å². The SMILES string of the molecule is CCNC1c2ccccc2CC1N(C)CCC(F)(F)F. The van der Waals surface area contributed by atoms with Gasteiger partial charge in [0.15, 0.2) is 0 Å². The van der Waals surface area contributed by atoms with Crippen molar-refractivity contribution in [3.63, 3.8) is 0 Å². The number of halogens is 3. The van der Waals surface area contributed by atoms with Crippen LogP contribution in [0.4, 0.5) is 13.2 Å². The molecular weight excluding hydrogens is 265 g/mol. The first-order valence-electron chi connectivity index (χ1n) is 7.00. The maximum atomic E-state index is 12.4. The molecule has 0 heterocycles. The molecule has 2 rings (SSSR count). The Hall–Kier alpha value is -1.07. The summed E-state index contributed by atoms with van der Waals surface area (Å²) in [6, 6.07) is 8.32. The van der Waals surface area contributed by atoms with Crippen LogP contribution in [0.3, 0.4) is 0 Å². The molecule has 5 heteroatoms. The van der Waals surface area contributed by atoms with Gasteiger partial charge in [-0.15, -0.1) is 0 Å². The van der Waals surface area contributed by atoms with E-state index in [2.05, 4.69) is 17.4 Å². The maximum Gasteiger partial charge on any atom is 0.390 e. The van der Waals surface area contributed by atoms with Crippen LogP contribution in [0.15, 0.2) is 24.3 Å². The Morgan fingerprint density at radius 1 is 1.30 bits per heavy atom. The summed E-state index contributed by atoms with van der Waals surface area (Å²) >= 11 is 0. The molecule has 0 saturated heterocycles. The van der Waals surface area contributed by atoms with Gasteiger partial charge in [-0.1, -0.05) is 31.2 Å². The number of alkyl halides is 3. The fourth-order valence-electron chi connectivity index (χ4n) is 2.92. The third kappa shape index (κ3) is 3.52. The molecule has 0 amide bonds. The van der Waals surface area contributed by atoms with Gasteiger partial charge in [0.1, 0.15) is 0 Å². The summed E-state index contributed by atoms with van der Waals surface area (Å²) in [7, 11) is 1.78. The Morgan fingerprint density at radius 3 is 2.65 bits per heavy atom. The van der Waals surface area contributed by atoms with Crippen LogP contribution in [-0.4, -0.2) is 37.3 Å². The molecule has 1 aromatic carbocycles. The lowest BCUT2D eigenvalue weighted by Crippen LogP contribution is -2.42. The molecule has 1 aliphatic rings. The standard InChI is InChI=1S/C15H21F3N2/c1-3-19-14-12-7-5-4-6-11(12)10-13(14)20(2)9-8-15(16,17)18/h4-7,13-14,19H,3,8-10H2,1-2H3. The number of nitrogens with one attached hydrogen (secondary N) is 1. The Balaban J connectivity index is 2.08. The zero-order valence-corrected chi connectivity index (χ0v) is 11.9. The molecule has 2 unspecified atom stereocenters. The van der Waals surface area contributed by atoms with E-state index in [4.69, 9.17) is 0 Å². The first-order valence-corrected chi connectivity index (χ1v) is 7.00. The summed E-state index contributed by atoms with van der Waals surface area (Å²) in [5, 5.41) is 3.41. The first-order chi connectivity index (χ1) is 9.42. The number of likely N-dealkylation sites (N-methyl/N-ethyl adjacent to an activating group) is 2. The van der Waals surface area contributed by atoms with E-state index in [9.17, 15) is 13.2 Å². The molecule has 1 N–H and O–H groups in total. The van der Waals surface area contributed by atoms with E-state index in [1.54, 1.807) is 7.05 Å². The normalized spacial score (nSPS) is 22.3. The molecule has 0 aliphatic heterocycles. The van der Waals surface area contributed by atoms with Crippen molar-refractivity contribution >= 4 is 0 Å². The number of hydrogen-bond acceptors (Lipinski definition) is 2. The minimum Gasteiger partial charge on any atom is -0.309 e. The zero-order chi connectivity index (χ0) is 14.8. The predicted molar refractivity (Wildman–Crippen MR) is 73.7 cm³/mol. The maximum absolute atomic E-state index is 12.4. The van der Waals surface area contributed by atoms with Gasteiger partial charge in [-0.3, -0.25) is 0 Å². The quantitative estimate of drug-likeness (QED) is 0.894. The van der Waals surface area contributed by atoms with Crippen molar-refractivity contribution in [2.75, 3.05) is 20.1 Å². The lowest BCUT2D eigenvalue weighted by atomic mass is 10.1. The molecule has 1 aliphatic carbocycles. The summed E-state index contributed by atoms with van der Waals surface area (Å²) in [6.07, 6.45) is -4.04. The molecule has 0 spiro atoms. The van der Waals surface area contributed by atoms with Crippen molar-refractivity contribution < 1.29 is 13.2 Å². The first kappa shape index (κ1) is 15.3. The third-order valence-electron chi connectivity index (χ3n) is 3.94. The van der Waals surface area contributed by atoms with Gasteiger partial charge >= 0.3 is 6.18 Å². The molecule has 20 heavy (non-hydrogen) atoms. The van der Waals surface area contributed by atoms with Gasteiger partial charge in [0.05, 0.1) is 6.42 Å². The molecule has 1 aromatic rings. The van der Waals surface area contributed by atoms with E-state index in [-0.39, 0.29) is 18.6 Å². The molecule has 0 aromatic heterocycles. The summed E-state index contributed by atoms with van der Waals surface area (Å²) in [5.74, 6) is 0. The van der Waals surface area contributed by atoms with E-state index >= 15 is 0 Å². The molecule has 0 saturated carbocycles. The van der Waals surface area contributed by atoms with E-state index < -0.39 is 12.6 Å². The van der Waals surface area contributed by atoms with Crippen LogP contribution in [0.25, 0.3) is 0 Å². The second-order valence-electron chi connectivity index (χ2n) is 5.35. The van der Waals surface area contributed by atoms with Crippen LogP contribution in [-0.2, 0) is 6.42 Å².